The first-order valence-corrected chi connectivity index (χ1v) is 6.71. The lowest BCUT2D eigenvalue weighted by molar-refractivity contribution is -0.140. The predicted octanol–water partition coefficient (Wildman–Crippen LogP) is 1.00. The van der Waals surface area contributed by atoms with Crippen LogP contribution in [0.4, 0.5) is 0 Å². The molecule has 4 nitrogen and oxygen atoms in total. The van der Waals surface area contributed by atoms with Gasteiger partial charge in [0.1, 0.15) is 0 Å². The van der Waals surface area contributed by atoms with Crippen LogP contribution in [0, 0.1) is 11.3 Å². The van der Waals surface area contributed by atoms with E-state index in [9.17, 15) is 4.79 Å². The van der Waals surface area contributed by atoms with E-state index < -0.39 is 0 Å². The second-order valence-corrected chi connectivity index (χ2v) is 5.73. The van der Waals surface area contributed by atoms with E-state index in [0.717, 1.165) is 58.5 Å². The number of rotatable bonds is 2. The fraction of sp³-hybridized carbons (Fsp3) is 0.923. The molecule has 0 saturated carbocycles. The van der Waals surface area contributed by atoms with E-state index in [1.807, 2.05) is 4.90 Å². The molecule has 1 amide bonds. The molecule has 2 N–H and O–H groups in total. The number of hydrogen-bond donors (Lipinski definition) is 1. The molecule has 0 aromatic rings. The molecule has 0 aromatic heterocycles. The van der Waals surface area contributed by atoms with Crippen molar-refractivity contribution in [3.8, 4) is 0 Å². The fourth-order valence-corrected chi connectivity index (χ4v) is 2.67. The summed E-state index contributed by atoms with van der Waals surface area (Å²) in [6.07, 6.45) is 3.86. The van der Waals surface area contributed by atoms with Gasteiger partial charge in [-0.15, -0.1) is 0 Å². The quantitative estimate of drug-likeness (QED) is 0.783. The summed E-state index contributed by atoms with van der Waals surface area (Å²) in [4.78, 5) is 14.3. The molecule has 0 unspecified atom stereocenters. The second kappa shape index (κ2) is 5.36. The number of carbonyl (C=O) groups is 1. The highest BCUT2D eigenvalue weighted by Crippen LogP contribution is 2.30. The SMILES string of the molecule is CC1(CN)CCN(C(=O)C2CCOCC2)CC1. The van der Waals surface area contributed by atoms with Gasteiger partial charge in [-0.2, -0.15) is 0 Å². The van der Waals surface area contributed by atoms with Crippen molar-refractivity contribution in [3.05, 3.63) is 0 Å². The Kier molecular flexibility index (Phi) is 4.05. The van der Waals surface area contributed by atoms with Gasteiger partial charge in [-0.25, -0.2) is 0 Å². The summed E-state index contributed by atoms with van der Waals surface area (Å²) in [7, 11) is 0. The molecule has 0 spiro atoms. The number of amides is 1. The Hall–Kier alpha value is -0.610. The minimum atomic E-state index is 0.200. The van der Waals surface area contributed by atoms with Crippen LogP contribution in [-0.2, 0) is 9.53 Å². The van der Waals surface area contributed by atoms with Crippen LogP contribution in [0.5, 0.6) is 0 Å². The first kappa shape index (κ1) is 12.8. The van der Waals surface area contributed by atoms with E-state index >= 15 is 0 Å². The van der Waals surface area contributed by atoms with Crippen molar-refractivity contribution in [2.75, 3.05) is 32.8 Å². The molecule has 0 radical (unpaired) electrons. The average Bonchev–Trinajstić information content (AvgIpc) is 2.40. The van der Waals surface area contributed by atoms with Crippen LogP contribution in [0.15, 0.2) is 0 Å². The summed E-state index contributed by atoms with van der Waals surface area (Å²) in [5.41, 5.74) is 6.02. The third kappa shape index (κ3) is 2.99. The maximum absolute atomic E-state index is 12.3. The predicted molar refractivity (Wildman–Crippen MR) is 66.5 cm³/mol. The average molecular weight is 240 g/mol. The van der Waals surface area contributed by atoms with Crippen LogP contribution in [0.3, 0.4) is 0 Å². The second-order valence-electron chi connectivity index (χ2n) is 5.73. The summed E-state index contributed by atoms with van der Waals surface area (Å²) < 4.78 is 5.30. The van der Waals surface area contributed by atoms with Gasteiger partial charge in [-0.3, -0.25) is 4.79 Å². The number of carbonyl (C=O) groups excluding carboxylic acids is 1. The lowest BCUT2D eigenvalue weighted by Gasteiger charge is -2.40. The van der Waals surface area contributed by atoms with Gasteiger partial charge in [0.15, 0.2) is 0 Å². The van der Waals surface area contributed by atoms with Crippen molar-refractivity contribution in [3.63, 3.8) is 0 Å². The monoisotopic (exact) mass is 240 g/mol. The molecule has 17 heavy (non-hydrogen) atoms. The zero-order valence-electron chi connectivity index (χ0n) is 10.8. The van der Waals surface area contributed by atoms with E-state index in [2.05, 4.69) is 6.92 Å². The number of ether oxygens (including phenoxy) is 1. The Morgan fingerprint density at radius 3 is 2.47 bits per heavy atom. The van der Waals surface area contributed by atoms with Gasteiger partial charge in [0.05, 0.1) is 0 Å². The first-order valence-electron chi connectivity index (χ1n) is 6.71. The molecule has 2 saturated heterocycles. The molecule has 2 fully saturated rings. The highest BCUT2D eigenvalue weighted by molar-refractivity contribution is 5.79. The van der Waals surface area contributed by atoms with Crippen molar-refractivity contribution in [2.24, 2.45) is 17.1 Å². The van der Waals surface area contributed by atoms with Gasteiger partial charge < -0.3 is 15.4 Å². The first-order chi connectivity index (χ1) is 8.14. The molecule has 2 rings (SSSR count). The molecule has 98 valence electrons. The number of hydrogen-bond acceptors (Lipinski definition) is 3. The summed E-state index contributed by atoms with van der Waals surface area (Å²) in [5.74, 6) is 0.540. The summed E-state index contributed by atoms with van der Waals surface area (Å²) >= 11 is 0. The number of likely N-dealkylation sites (tertiary alicyclic amines) is 1. The number of nitrogens with zero attached hydrogens (tertiary/aromatic N) is 1. The van der Waals surface area contributed by atoms with Crippen LogP contribution >= 0.6 is 0 Å². The fourth-order valence-electron chi connectivity index (χ4n) is 2.67. The molecular formula is C13H24N2O2. The maximum atomic E-state index is 12.3. The van der Waals surface area contributed by atoms with Gasteiger partial charge in [-0.1, -0.05) is 6.92 Å². The lowest BCUT2D eigenvalue weighted by Crippen LogP contribution is -2.47. The van der Waals surface area contributed by atoms with Crippen molar-refractivity contribution < 1.29 is 9.53 Å². The van der Waals surface area contributed by atoms with Crippen molar-refractivity contribution in [2.45, 2.75) is 32.6 Å². The van der Waals surface area contributed by atoms with Gasteiger partial charge in [0.25, 0.3) is 0 Å². The Labute approximate surface area is 103 Å². The molecule has 4 heteroatoms. The molecular weight excluding hydrogens is 216 g/mol. The zero-order chi connectivity index (χ0) is 12.3. The highest BCUT2D eigenvalue weighted by atomic mass is 16.5. The van der Waals surface area contributed by atoms with Crippen molar-refractivity contribution in [1.82, 2.24) is 4.90 Å². The van der Waals surface area contributed by atoms with Gasteiger partial charge in [0.2, 0.25) is 5.91 Å². The number of nitrogens with two attached hydrogens (primary N) is 1. The Bertz CT molecular complexity index is 267. The van der Waals surface area contributed by atoms with E-state index in [0.29, 0.717) is 5.91 Å². The minimum absolute atomic E-state index is 0.200. The molecule has 0 atom stereocenters. The van der Waals surface area contributed by atoms with E-state index in [1.165, 1.54) is 0 Å². The molecule has 2 aliphatic rings. The Morgan fingerprint density at radius 2 is 1.94 bits per heavy atom. The lowest BCUT2D eigenvalue weighted by atomic mass is 9.80. The summed E-state index contributed by atoms with van der Waals surface area (Å²) in [6.45, 7) is 6.19. The minimum Gasteiger partial charge on any atom is -0.381 e. The summed E-state index contributed by atoms with van der Waals surface area (Å²) in [6, 6.07) is 0. The van der Waals surface area contributed by atoms with Gasteiger partial charge in [-0.05, 0) is 37.6 Å². The topological polar surface area (TPSA) is 55.6 Å². The van der Waals surface area contributed by atoms with Gasteiger partial charge in [0, 0.05) is 32.2 Å². The molecule has 2 heterocycles. The zero-order valence-corrected chi connectivity index (χ0v) is 10.8. The van der Waals surface area contributed by atoms with Crippen LogP contribution in [0.1, 0.15) is 32.6 Å². The third-order valence-corrected chi connectivity index (χ3v) is 4.35. The molecule has 0 bridgehead atoms. The maximum Gasteiger partial charge on any atom is 0.225 e. The largest absolute Gasteiger partial charge is 0.381 e. The smallest absolute Gasteiger partial charge is 0.225 e. The van der Waals surface area contributed by atoms with Crippen LogP contribution in [0.2, 0.25) is 0 Å². The van der Waals surface area contributed by atoms with Crippen molar-refractivity contribution in [1.29, 1.82) is 0 Å². The van der Waals surface area contributed by atoms with E-state index in [4.69, 9.17) is 10.5 Å². The molecule has 0 aliphatic carbocycles. The van der Waals surface area contributed by atoms with Crippen LogP contribution in [0.25, 0.3) is 0 Å². The molecule has 2 aliphatic heterocycles. The number of piperidine rings is 1. The third-order valence-electron chi connectivity index (χ3n) is 4.35. The van der Waals surface area contributed by atoms with Crippen molar-refractivity contribution >= 4 is 5.91 Å². The Balaban J connectivity index is 1.85. The van der Waals surface area contributed by atoms with Crippen LogP contribution < -0.4 is 5.73 Å². The van der Waals surface area contributed by atoms with Crippen LogP contribution in [-0.4, -0.2) is 43.7 Å². The van der Waals surface area contributed by atoms with Gasteiger partial charge >= 0.3 is 0 Å². The molecule has 0 aromatic carbocycles. The summed E-state index contributed by atoms with van der Waals surface area (Å²) in [5, 5.41) is 0. The Morgan fingerprint density at radius 1 is 1.35 bits per heavy atom. The van der Waals surface area contributed by atoms with E-state index in [1.54, 1.807) is 0 Å². The highest BCUT2D eigenvalue weighted by Gasteiger charge is 2.33. The normalized spacial score (nSPS) is 25.9. The standard InChI is InChI=1S/C13H24N2O2/c1-13(10-14)4-6-15(7-5-13)12(16)11-2-8-17-9-3-11/h11H,2-10,14H2,1H3. The van der Waals surface area contributed by atoms with E-state index in [-0.39, 0.29) is 11.3 Å².